The van der Waals surface area contributed by atoms with Gasteiger partial charge in [-0.25, -0.2) is 9.97 Å². The number of carbonyl (C=O) groups excluding carboxylic acids is 3. The third-order valence-corrected chi connectivity index (χ3v) is 9.34. The Bertz CT molecular complexity index is 2210. The number of aliphatic hydroxyl groups excluding tert-OH is 1. The van der Waals surface area contributed by atoms with Gasteiger partial charge in [0.2, 0.25) is 5.78 Å². The highest BCUT2D eigenvalue weighted by Crippen LogP contribution is 2.35. The number of imidazole rings is 2. The number of nitrogens with one attached hydrogen (secondary N) is 4. The van der Waals surface area contributed by atoms with Gasteiger partial charge >= 0.3 is 0 Å². The molecule has 6 aromatic rings. The van der Waals surface area contributed by atoms with Crippen LogP contribution in [0.2, 0.25) is 0 Å². The maximum absolute atomic E-state index is 13.1. The lowest BCUT2D eigenvalue weighted by molar-refractivity contribution is -0.131. The quantitative estimate of drug-likeness (QED) is 0.0672. The molecule has 0 fully saturated rings. The first-order valence-corrected chi connectivity index (χ1v) is 17.9. The van der Waals surface area contributed by atoms with Crippen LogP contribution in [0.1, 0.15) is 87.3 Å². The second kappa shape index (κ2) is 15.5. The predicted octanol–water partition coefficient (Wildman–Crippen LogP) is 8.16. The molecule has 0 bridgehead atoms. The Kier molecular flexibility index (Phi) is 10.8. The lowest BCUT2D eigenvalue weighted by Gasteiger charge is -2.30. The lowest BCUT2D eigenvalue weighted by Crippen LogP contribution is -2.40. The van der Waals surface area contributed by atoms with E-state index >= 15 is 0 Å². The first-order chi connectivity index (χ1) is 25.7. The van der Waals surface area contributed by atoms with Crippen LogP contribution in [-0.2, 0) is 9.59 Å². The van der Waals surface area contributed by atoms with Gasteiger partial charge in [0.15, 0.2) is 6.10 Å². The molecule has 0 spiro atoms. The van der Waals surface area contributed by atoms with E-state index in [9.17, 15) is 19.5 Å². The molecule has 0 saturated carbocycles. The Balaban J connectivity index is 1.13. The van der Waals surface area contributed by atoms with Crippen molar-refractivity contribution in [2.75, 3.05) is 0 Å². The molecule has 2 heterocycles. The van der Waals surface area contributed by atoms with Crippen LogP contribution in [0.25, 0.3) is 33.6 Å². The van der Waals surface area contributed by atoms with Gasteiger partial charge in [0.05, 0.1) is 23.5 Å². The molecule has 276 valence electrons. The number of hydrogen-bond donors (Lipinski definition) is 5. The van der Waals surface area contributed by atoms with Gasteiger partial charge in [0.25, 0.3) is 11.8 Å². The van der Waals surface area contributed by atoms with Crippen LogP contribution < -0.4 is 10.6 Å². The molecule has 2 amide bonds. The zero-order valence-corrected chi connectivity index (χ0v) is 31.3. The number of aromatic nitrogens is 4. The Morgan fingerprint density at radius 3 is 1.43 bits per heavy atom. The number of aliphatic hydroxyl groups is 1. The van der Waals surface area contributed by atoms with Crippen molar-refractivity contribution in [1.29, 1.82) is 0 Å². The molecule has 10 heteroatoms. The third-order valence-electron chi connectivity index (χ3n) is 9.34. The zero-order chi connectivity index (χ0) is 38.6. The Labute approximate surface area is 315 Å². The second-order valence-corrected chi connectivity index (χ2v) is 15.6. The number of nitrogens with zero attached hydrogens (tertiary/aromatic N) is 2. The van der Waals surface area contributed by atoms with Gasteiger partial charge in [-0.3, -0.25) is 14.4 Å². The average Bonchev–Trinajstić information content (AvgIpc) is 3.86. The van der Waals surface area contributed by atoms with Gasteiger partial charge in [-0.2, -0.15) is 0 Å². The van der Waals surface area contributed by atoms with Crippen molar-refractivity contribution in [2.24, 2.45) is 10.8 Å². The summed E-state index contributed by atoms with van der Waals surface area (Å²) in [5.74, 6) is -0.597. The van der Waals surface area contributed by atoms with Crippen LogP contribution in [-0.4, -0.2) is 42.6 Å². The number of benzene rings is 4. The fourth-order valence-corrected chi connectivity index (χ4v) is 6.25. The van der Waals surface area contributed by atoms with E-state index in [1.807, 2.05) is 109 Å². The van der Waals surface area contributed by atoms with Crippen LogP contribution in [0.15, 0.2) is 122 Å². The van der Waals surface area contributed by atoms with Gasteiger partial charge in [-0.1, -0.05) is 151 Å². The van der Waals surface area contributed by atoms with Gasteiger partial charge in [0.1, 0.15) is 11.6 Å². The normalized spacial score (nSPS) is 13.5. The number of hydrogen-bond acceptors (Lipinski definition) is 6. The minimum atomic E-state index is -1.29. The highest BCUT2D eigenvalue weighted by molar-refractivity contribution is 6.42. The molecule has 2 aromatic heterocycles. The maximum atomic E-state index is 13.1. The highest BCUT2D eigenvalue weighted by atomic mass is 16.3. The summed E-state index contributed by atoms with van der Waals surface area (Å²) in [6.07, 6.45) is 2.34. The second-order valence-electron chi connectivity index (χ2n) is 15.6. The lowest BCUT2D eigenvalue weighted by atomic mass is 9.86. The molecule has 0 aliphatic heterocycles. The summed E-state index contributed by atoms with van der Waals surface area (Å²) in [7, 11) is 0. The third kappa shape index (κ3) is 8.56. The smallest absolute Gasteiger partial charge is 0.292 e. The molecule has 0 aliphatic rings. The van der Waals surface area contributed by atoms with E-state index in [0.717, 1.165) is 33.6 Å². The van der Waals surface area contributed by atoms with Crippen molar-refractivity contribution in [3.05, 3.63) is 144 Å². The minimum absolute atomic E-state index is 0.335. The van der Waals surface area contributed by atoms with Crippen molar-refractivity contribution in [3.63, 3.8) is 0 Å². The largest absolute Gasteiger partial charge is 0.378 e. The van der Waals surface area contributed by atoms with Crippen molar-refractivity contribution < 1.29 is 19.5 Å². The van der Waals surface area contributed by atoms with Crippen molar-refractivity contribution >= 4 is 17.6 Å². The van der Waals surface area contributed by atoms with Crippen LogP contribution in [0.5, 0.6) is 0 Å². The van der Waals surface area contributed by atoms with Gasteiger partial charge in [-0.05, 0) is 27.5 Å². The van der Waals surface area contributed by atoms with Crippen LogP contribution in [0, 0.1) is 10.8 Å². The monoisotopic (exact) mass is 722 g/mol. The van der Waals surface area contributed by atoms with Gasteiger partial charge < -0.3 is 25.7 Å². The summed E-state index contributed by atoms with van der Waals surface area (Å²) in [4.78, 5) is 54.9. The summed E-state index contributed by atoms with van der Waals surface area (Å²) in [6.45, 7) is 12.0. The molecule has 10 nitrogen and oxygen atoms in total. The molecule has 0 saturated heterocycles. The van der Waals surface area contributed by atoms with E-state index < -0.39 is 41.2 Å². The van der Waals surface area contributed by atoms with Crippen molar-refractivity contribution in [2.45, 2.75) is 59.7 Å². The predicted molar refractivity (Wildman–Crippen MR) is 210 cm³/mol. The number of ketones is 1. The van der Waals surface area contributed by atoms with Gasteiger partial charge in [-0.15, -0.1) is 0 Å². The Morgan fingerprint density at radius 2 is 0.981 bits per heavy atom. The fourth-order valence-electron chi connectivity index (χ4n) is 6.25. The van der Waals surface area contributed by atoms with E-state index in [2.05, 4.69) is 20.6 Å². The first kappa shape index (κ1) is 37.6. The van der Waals surface area contributed by atoms with E-state index in [4.69, 9.17) is 9.97 Å². The van der Waals surface area contributed by atoms with Crippen LogP contribution >= 0.6 is 0 Å². The number of aromatic amines is 2. The fraction of sp³-hybridized carbons (Fsp3) is 0.250. The summed E-state index contributed by atoms with van der Waals surface area (Å²) in [5, 5.41) is 16.6. The molecule has 6 rings (SSSR count). The molecule has 3 unspecified atom stereocenters. The number of rotatable bonds is 11. The molecule has 0 aliphatic carbocycles. The summed E-state index contributed by atoms with van der Waals surface area (Å²) in [5.41, 5.74) is 5.37. The molecule has 5 N–H and O–H groups in total. The Morgan fingerprint density at radius 1 is 0.574 bits per heavy atom. The standard InChI is InChI=1S/C44H46N6O4/c1-43(2,3)37(49-41(53)35(51)31-13-9-7-10-14-31)39-45-25-33(47-39)29-21-17-27(18-22-29)28-19-23-30(24-20-28)34-26-46-40(48-34)38(44(4,5)6)50-42(54)36(52)32-15-11-8-12-16-32/h7-26,35,37-38,51H,1-6H3,(H,45,47)(H,46,48)(H,49,53)(H,50,54). The maximum Gasteiger partial charge on any atom is 0.292 e. The van der Waals surface area contributed by atoms with Crippen LogP contribution in [0.3, 0.4) is 0 Å². The van der Waals surface area contributed by atoms with Crippen LogP contribution in [0.4, 0.5) is 0 Å². The topological polar surface area (TPSA) is 153 Å². The summed E-state index contributed by atoms with van der Waals surface area (Å²) >= 11 is 0. The molecular weight excluding hydrogens is 677 g/mol. The number of Topliss-reactive ketones (excluding diaryl/α,β-unsaturated/α-hetero) is 1. The molecule has 3 atom stereocenters. The summed E-state index contributed by atoms with van der Waals surface area (Å²) < 4.78 is 0. The molecular formula is C44H46N6O4. The number of amides is 2. The SMILES string of the molecule is CC(C)(C)C(NC(=O)C(=O)c1ccccc1)c1nc(-c2ccc(-c3ccc(-c4c[nH]c(C(NC(=O)C(O)c5ccccc5)C(C)(C)C)n4)cc3)cc2)c[nH]1. The van der Waals surface area contributed by atoms with E-state index in [0.29, 0.717) is 22.8 Å². The Hall–Kier alpha value is -6.13. The minimum Gasteiger partial charge on any atom is -0.378 e. The number of carbonyl (C=O) groups is 3. The first-order valence-electron chi connectivity index (χ1n) is 17.9. The highest BCUT2D eigenvalue weighted by Gasteiger charge is 2.34. The van der Waals surface area contributed by atoms with E-state index in [-0.39, 0.29) is 5.41 Å². The van der Waals surface area contributed by atoms with Gasteiger partial charge in [0, 0.05) is 29.1 Å². The number of H-pyrrole nitrogens is 2. The molecule has 4 aromatic carbocycles. The van der Waals surface area contributed by atoms with Crippen molar-refractivity contribution in [1.82, 2.24) is 30.6 Å². The van der Waals surface area contributed by atoms with E-state index in [1.165, 1.54) is 0 Å². The average molecular weight is 723 g/mol. The molecule has 54 heavy (non-hydrogen) atoms. The molecule has 0 radical (unpaired) electrons. The zero-order valence-electron chi connectivity index (χ0n) is 31.3. The van der Waals surface area contributed by atoms with E-state index in [1.54, 1.807) is 54.6 Å². The summed E-state index contributed by atoms with van der Waals surface area (Å²) in [6, 6.07) is 32.5. The van der Waals surface area contributed by atoms with Crippen molar-refractivity contribution in [3.8, 4) is 33.6 Å².